The highest BCUT2D eigenvalue weighted by molar-refractivity contribution is 7.99. The first-order valence-corrected chi connectivity index (χ1v) is 7.40. The summed E-state index contributed by atoms with van der Waals surface area (Å²) in [6.07, 6.45) is 2.70. The minimum Gasteiger partial charge on any atom is -0.481 e. The van der Waals surface area contributed by atoms with Crippen LogP contribution in [0.15, 0.2) is 29.2 Å². The Morgan fingerprint density at radius 3 is 2.44 bits per heavy atom. The number of thioether (sulfide) groups is 1. The number of carboxylic acids is 1. The van der Waals surface area contributed by atoms with Gasteiger partial charge in [-0.25, -0.2) is 0 Å². The van der Waals surface area contributed by atoms with E-state index < -0.39 is 11.4 Å². The van der Waals surface area contributed by atoms with Gasteiger partial charge in [0.15, 0.2) is 0 Å². The predicted molar refractivity (Wildman–Crippen MR) is 77.4 cm³/mol. The second-order valence-corrected chi connectivity index (χ2v) is 6.55. The minimum atomic E-state index is -0.715. The first-order valence-electron chi connectivity index (χ1n) is 6.03. The van der Waals surface area contributed by atoms with Crippen molar-refractivity contribution in [1.29, 1.82) is 0 Å². The van der Waals surface area contributed by atoms with E-state index in [1.807, 2.05) is 24.3 Å². The van der Waals surface area contributed by atoms with Crippen molar-refractivity contribution < 1.29 is 9.90 Å². The maximum Gasteiger partial charge on any atom is 0.309 e. The zero-order chi connectivity index (χ0) is 13.6. The number of carbonyl (C=O) groups is 1. The molecule has 1 rings (SSSR count). The van der Waals surface area contributed by atoms with E-state index in [1.54, 1.807) is 25.6 Å². The molecule has 2 nitrogen and oxygen atoms in total. The second-order valence-electron chi connectivity index (χ2n) is 4.95. The Kier molecular flexibility index (Phi) is 6.03. The van der Waals surface area contributed by atoms with Crippen LogP contribution in [0, 0.1) is 5.41 Å². The maximum absolute atomic E-state index is 10.9. The van der Waals surface area contributed by atoms with Crippen molar-refractivity contribution in [2.24, 2.45) is 5.41 Å². The fourth-order valence-electron chi connectivity index (χ4n) is 1.50. The molecule has 18 heavy (non-hydrogen) atoms. The number of benzene rings is 1. The van der Waals surface area contributed by atoms with Gasteiger partial charge in [-0.3, -0.25) is 4.79 Å². The normalized spacial score (nSPS) is 11.5. The fourth-order valence-corrected chi connectivity index (χ4v) is 2.54. The molecule has 0 saturated carbocycles. The Morgan fingerprint density at radius 1 is 1.28 bits per heavy atom. The van der Waals surface area contributed by atoms with Gasteiger partial charge in [0, 0.05) is 9.92 Å². The summed E-state index contributed by atoms with van der Waals surface area (Å²) in [5, 5.41) is 9.74. The minimum absolute atomic E-state index is 0.606. The maximum atomic E-state index is 10.9. The molecular weight excluding hydrogens is 268 g/mol. The lowest BCUT2D eigenvalue weighted by molar-refractivity contribution is -0.147. The lowest BCUT2D eigenvalue weighted by atomic mass is 9.88. The van der Waals surface area contributed by atoms with E-state index in [-0.39, 0.29) is 0 Å². The zero-order valence-electron chi connectivity index (χ0n) is 10.8. The number of aliphatic carboxylic acids is 1. The summed E-state index contributed by atoms with van der Waals surface area (Å²) in [5.41, 5.74) is -0.606. The third-order valence-electron chi connectivity index (χ3n) is 2.86. The summed E-state index contributed by atoms with van der Waals surface area (Å²) >= 11 is 7.59. The van der Waals surface area contributed by atoms with Crippen LogP contribution in [0.25, 0.3) is 0 Å². The molecule has 1 N–H and O–H groups in total. The lowest BCUT2D eigenvalue weighted by Gasteiger charge is -2.18. The highest BCUT2D eigenvalue weighted by Gasteiger charge is 2.25. The van der Waals surface area contributed by atoms with Crippen molar-refractivity contribution in [3.63, 3.8) is 0 Å². The first-order chi connectivity index (χ1) is 8.42. The largest absolute Gasteiger partial charge is 0.481 e. The SMILES string of the molecule is CC(C)(CCCCSc1ccc(Cl)cc1)C(=O)O. The molecule has 0 fully saturated rings. The Bertz CT molecular complexity index is 387. The van der Waals surface area contributed by atoms with Crippen molar-refractivity contribution >= 4 is 29.3 Å². The van der Waals surface area contributed by atoms with Crippen molar-refractivity contribution in [2.45, 2.75) is 38.0 Å². The van der Waals surface area contributed by atoms with Gasteiger partial charge in [0.05, 0.1) is 5.41 Å². The van der Waals surface area contributed by atoms with Crippen LogP contribution in [0.2, 0.25) is 5.02 Å². The van der Waals surface area contributed by atoms with Crippen LogP contribution < -0.4 is 0 Å². The van der Waals surface area contributed by atoms with E-state index in [2.05, 4.69) is 0 Å². The van der Waals surface area contributed by atoms with Gasteiger partial charge in [-0.1, -0.05) is 18.0 Å². The lowest BCUT2D eigenvalue weighted by Crippen LogP contribution is -2.23. The molecule has 0 spiro atoms. The van der Waals surface area contributed by atoms with Crippen LogP contribution in [0.4, 0.5) is 0 Å². The number of hydrogen-bond donors (Lipinski definition) is 1. The predicted octanol–water partition coefficient (Wildman–Crippen LogP) is 4.71. The quantitative estimate of drug-likeness (QED) is 0.582. The van der Waals surface area contributed by atoms with Gasteiger partial charge >= 0.3 is 5.97 Å². The molecule has 4 heteroatoms. The third-order valence-corrected chi connectivity index (χ3v) is 4.21. The van der Waals surface area contributed by atoms with Crippen LogP contribution in [-0.4, -0.2) is 16.8 Å². The standard InChI is InChI=1S/C14H19ClO2S/c1-14(2,13(16)17)9-3-4-10-18-12-7-5-11(15)6-8-12/h5-8H,3-4,9-10H2,1-2H3,(H,16,17). The first kappa shape index (κ1) is 15.4. The summed E-state index contributed by atoms with van der Waals surface area (Å²) in [4.78, 5) is 12.1. The average molecular weight is 287 g/mol. The molecule has 0 aliphatic carbocycles. The Hall–Kier alpha value is -0.670. The molecule has 0 aliphatic rings. The molecule has 0 unspecified atom stereocenters. The van der Waals surface area contributed by atoms with Gasteiger partial charge in [-0.15, -0.1) is 11.8 Å². The molecule has 0 aromatic heterocycles. The van der Waals surface area contributed by atoms with Crippen LogP contribution in [0.1, 0.15) is 33.1 Å². The summed E-state index contributed by atoms with van der Waals surface area (Å²) in [6.45, 7) is 3.56. The molecule has 100 valence electrons. The Morgan fingerprint density at radius 2 is 1.89 bits per heavy atom. The molecule has 0 atom stereocenters. The van der Waals surface area contributed by atoms with Crippen LogP contribution in [0.3, 0.4) is 0 Å². The van der Waals surface area contributed by atoms with E-state index in [1.165, 1.54) is 4.90 Å². The number of rotatable bonds is 7. The number of carboxylic acid groups (broad SMARTS) is 1. The number of unbranched alkanes of at least 4 members (excludes halogenated alkanes) is 1. The van der Waals surface area contributed by atoms with Crippen molar-refractivity contribution in [1.82, 2.24) is 0 Å². The highest BCUT2D eigenvalue weighted by atomic mass is 35.5. The van der Waals surface area contributed by atoms with Crippen molar-refractivity contribution in [2.75, 3.05) is 5.75 Å². The monoisotopic (exact) mass is 286 g/mol. The van der Waals surface area contributed by atoms with Crippen LogP contribution in [-0.2, 0) is 4.79 Å². The molecule has 1 aromatic carbocycles. The number of hydrogen-bond acceptors (Lipinski definition) is 2. The molecule has 0 amide bonds. The van der Waals surface area contributed by atoms with Gasteiger partial charge in [0.2, 0.25) is 0 Å². The van der Waals surface area contributed by atoms with Gasteiger partial charge in [-0.05, 0) is 56.7 Å². The molecular formula is C14H19ClO2S. The Labute approximate surface area is 118 Å². The Balaban J connectivity index is 2.20. The van der Waals surface area contributed by atoms with E-state index in [0.29, 0.717) is 0 Å². The smallest absolute Gasteiger partial charge is 0.309 e. The van der Waals surface area contributed by atoms with Gasteiger partial charge in [0.25, 0.3) is 0 Å². The van der Waals surface area contributed by atoms with Crippen molar-refractivity contribution in [3.8, 4) is 0 Å². The topological polar surface area (TPSA) is 37.3 Å². The van der Waals surface area contributed by atoms with E-state index in [0.717, 1.165) is 30.0 Å². The van der Waals surface area contributed by atoms with Gasteiger partial charge in [0.1, 0.15) is 0 Å². The van der Waals surface area contributed by atoms with Crippen LogP contribution in [0.5, 0.6) is 0 Å². The molecule has 0 bridgehead atoms. The fraction of sp³-hybridized carbons (Fsp3) is 0.500. The van der Waals surface area contributed by atoms with E-state index >= 15 is 0 Å². The number of halogens is 1. The molecule has 1 aromatic rings. The second kappa shape index (κ2) is 7.05. The summed E-state index contributed by atoms with van der Waals surface area (Å²) < 4.78 is 0. The van der Waals surface area contributed by atoms with E-state index in [4.69, 9.17) is 16.7 Å². The molecule has 0 radical (unpaired) electrons. The van der Waals surface area contributed by atoms with Crippen LogP contribution >= 0.6 is 23.4 Å². The zero-order valence-corrected chi connectivity index (χ0v) is 12.4. The molecule has 0 heterocycles. The summed E-state index contributed by atoms with van der Waals surface area (Å²) in [6, 6.07) is 7.79. The van der Waals surface area contributed by atoms with E-state index in [9.17, 15) is 4.79 Å². The van der Waals surface area contributed by atoms with Gasteiger partial charge in [-0.2, -0.15) is 0 Å². The highest BCUT2D eigenvalue weighted by Crippen LogP contribution is 2.26. The third kappa shape index (κ3) is 5.32. The van der Waals surface area contributed by atoms with Gasteiger partial charge < -0.3 is 5.11 Å². The summed E-state index contributed by atoms with van der Waals surface area (Å²) in [5.74, 6) is 0.296. The summed E-state index contributed by atoms with van der Waals surface area (Å²) in [7, 11) is 0. The molecule has 0 aliphatic heterocycles. The van der Waals surface area contributed by atoms with Crippen molar-refractivity contribution in [3.05, 3.63) is 29.3 Å². The average Bonchev–Trinajstić information content (AvgIpc) is 2.31. The molecule has 0 saturated heterocycles.